The highest BCUT2D eigenvalue weighted by Crippen LogP contribution is 2.30. The second-order valence-electron chi connectivity index (χ2n) is 5.11. The van der Waals surface area contributed by atoms with Crippen LogP contribution in [0, 0.1) is 0 Å². The van der Waals surface area contributed by atoms with Crippen molar-refractivity contribution in [3.63, 3.8) is 0 Å². The Hall–Kier alpha value is -2.54. The summed E-state index contributed by atoms with van der Waals surface area (Å²) in [5, 5.41) is 5.26. The van der Waals surface area contributed by atoms with E-state index in [9.17, 15) is 9.59 Å². The number of ether oxygens (including phenoxy) is 2. The van der Waals surface area contributed by atoms with Crippen LogP contribution in [0.5, 0.6) is 11.5 Å². The molecule has 0 aromatic heterocycles. The monoisotopic (exact) mass is 390 g/mol. The first-order valence-corrected chi connectivity index (χ1v) is 8.13. The van der Waals surface area contributed by atoms with Crippen LogP contribution < -0.4 is 20.1 Å². The smallest absolute Gasteiger partial charge is 0.265 e. The molecule has 1 atom stereocenters. The molecular formula is C17H15BrN2O4. The molecule has 2 aromatic carbocycles. The van der Waals surface area contributed by atoms with E-state index in [1.54, 1.807) is 24.3 Å². The molecule has 0 unspecified atom stereocenters. The van der Waals surface area contributed by atoms with Crippen LogP contribution in [0.2, 0.25) is 0 Å². The van der Waals surface area contributed by atoms with E-state index >= 15 is 0 Å². The van der Waals surface area contributed by atoms with Gasteiger partial charge in [-0.25, -0.2) is 0 Å². The Morgan fingerprint density at radius 2 is 1.79 bits per heavy atom. The first-order chi connectivity index (χ1) is 11.6. The van der Waals surface area contributed by atoms with Crippen LogP contribution in [0.1, 0.15) is 0 Å². The van der Waals surface area contributed by atoms with E-state index in [0.717, 1.165) is 4.47 Å². The average molecular weight is 391 g/mol. The second kappa shape index (κ2) is 7.35. The maximum Gasteiger partial charge on any atom is 0.265 e. The molecule has 2 amide bonds. The molecular weight excluding hydrogens is 376 g/mol. The molecule has 0 saturated heterocycles. The van der Waals surface area contributed by atoms with Gasteiger partial charge in [0.15, 0.2) is 11.5 Å². The molecule has 124 valence electrons. The van der Waals surface area contributed by atoms with Gasteiger partial charge >= 0.3 is 0 Å². The average Bonchev–Trinajstić information content (AvgIpc) is 2.61. The number of hydrogen-bond donors (Lipinski definition) is 2. The predicted molar refractivity (Wildman–Crippen MR) is 92.1 cm³/mol. The van der Waals surface area contributed by atoms with Gasteiger partial charge in [0.2, 0.25) is 12.0 Å². The standard InChI is InChI=1S/C17H15BrN2O4/c18-11-5-1-2-6-12(11)20-16(21)9-19-17(22)15-10-23-13-7-3-4-8-14(13)24-15/h1-8,15H,9-10H2,(H,19,22)(H,20,21)/t15-/m0/s1. The van der Waals surface area contributed by atoms with Crippen molar-refractivity contribution in [1.29, 1.82) is 0 Å². The number of rotatable bonds is 4. The lowest BCUT2D eigenvalue weighted by Crippen LogP contribution is -2.46. The zero-order valence-electron chi connectivity index (χ0n) is 12.6. The lowest BCUT2D eigenvalue weighted by Gasteiger charge is -2.25. The number of halogens is 1. The molecule has 0 bridgehead atoms. The Labute approximate surface area is 147 Å². The highest BCUT2D eigenvalue weighted by Gasteiger charge is 2.27. The summed E-state index contributed by atoms with van der Waals surface area (Å²) in [7, 11) is 0. The van der Waals surface area contributed by atoms with Crippen LogP contribution in [0.3, 0.4) is 0 Å². The number of fused-ring (bicyclic) bond motifs is 1. The molecule has 7 heteroatoms. The van der Waals surface area contributed by atoms with Crippen LogP contribution in [-0.2, 0) is 9.59 Å². The molecule has 1 aliphatic rings. The van der Waals surface area contributed by atoms with Crippen molar-refractivity contribution in [3.8, 4) is 11.5 Å². The Balaban J connectivity index is 1.51. The van der Waals surface area contributed by atoms with Crippen LogP contribution in [0.4, 0.5) is 5.69 Å². The van der Waals surface area contributed by atoms with E-state index in [4.69, 9.17) is 9.47 Å². The lowest BCUT2D eigenvalue weighted by atomic mass is 10.2. The van der Waals surface area contributed by atoms with Gasteiger partial charge in [0.1, 0.15) is 6.61 Å². The lowest BCUT2D eigenvalue weighted by molar-refractivity contribution is -0.131. The Morgan fingerprint density at radius 3 is 2.58 bits per heavy atom. The minimum Gasteiger partial charge on any atom is -0.485 e. The summed E-state index contributed by atoms with van der Waals surface area (Å²) >= 11 is 3.34. The second-order valence-corrected chi connectivity index (χ2v) is 5.96. The maximum absolute atomic E-state index is 12.1. The third-order valence-electron chi connectivity index (χ3n) is 3.37. The Bertz CT molecular complexity index is 766. The molecule has 1 aliphatic heterocycles. The largest absolute Gasteiger partial charge is 0.485 e. The number of amides is 2. The zero-order valence-corrected chi connectivity index (χ0v) is 14.2. The number of carbonyl (C=O) groups is 2. The number of benzene rings is 2. The molecule has 2 N–H and O–H groups in total. The van der Waals surface area contributed by atoms with Gasteiger partial charge in [0.25, 0.3) is 5.91 Å². The summed E-state index contributed by atoms with van der Waals surface area (Å²) in [5.41, 5.74) is 0.642. The third-order valence-corrected chi connectivity index (χ3v) is 4.06. The highest BCUT2D eigenvalue weighted by molar-refractivity contribution is 9.10. The van der Waals surface area contributed by atoms with E-state index < -0.39 is 12.0 Å². The molecule has 0 fully saturated rings. The minimum absolute atomic E-state index is 0.106. The summed E-state index contributed by atoms with van der Waals surface area (Å²) in [6.07, 6.45) is -0.781. The first-order valence-electron chi connectivity index (χ1n) is 7.34. The summed E-state index contributed by atoms with van der Waals surface area (Å²) in [4.78, 5) is 24.1. The van der Waals surface area contributed by atoms with E-state index in [-0.39, 0.29) is 19.1 Å². The molecule has 0 radical (unpaired) electrons. The molecule has 6 nitrogen and oxygen atoms in total. The van der Waals surface area contributed by atoms with Crippen LogP contribution in [0.15, 0.2) is 53.0 Å². The normalized spacial score (nSPS) is 15.5. The van der Waals surface area contributed by atoms with Gasteiger partial charge in [-0.15, -0.1) is 0 Å². The van der Waals surface area contributed by atoms with Gasteiger partial charge in [-0.2, -0.15) is 0 Å². The predicted octanol–water partition coefficient (Wildman–Crippen LogP) is 2.34. The summed E-state index contributed by atoms with van der Waals surface area (Å²) in [6.45, 7) is -0.0453. The van der Waals surface area contributed by atoms with Gasteiger partial charge in [-0.05, 0) is 40.2 Å². The fraction of sp³-hybridized carbons (Fsp3) is 0.176. The summed E-state index contributed by atoms with van der Waals surface area (Å²) < 4.78 is 11.8. The first kappa shape index (κ1) is 16.3. The number of nitrogens with one attached hydrogen (secondary N) is 2. The van der Waals surface area contributed by atoms with Crippen LogP contribution >= 0.6 is 15.9 Å². The SMILES string of the molecule is O=C(CNC(=O)[C@@H]1COc2ccccc2O1)Nc1ccccc1Br. The van der Waals surface area contributed by atoms with Gasteiger partial charge in [-0.3, -0.25) is 9.59 Å². The molecule has 0 aliphatic carbocycles. The number of para-hydroxylation sites is 3. The fourth-order valence-corrected chi connectivity index (χ4v) is 2.57. The van der Waals surface area contributed by atoms with Crippen molar-refractivity contribution in [2.45, 2.75) is 6.10 Å². The minimum atomic E-state index is -0.781. The summed E-state index contributed by atoms with van der Waals surface area (Å²) in [5.74, 6) is 0.397. The van der Waals surface area contributed by atoms with Crippen molar-refractivity contribution in [1.82, 2.24) is 5.32 Å². The number of anilines is 1. The fourth-order valence-electron chi connectivity index (χ4n) is 2.19. The maximum atomic E-state index is 12.1. The van der Waals surface area contributed by atoms with Crippen LogP contribution in [-0.4, -0.2) is 31.1 Å². The molecule has 2 aromatic rings. The third kappa shape index (κ3) is 3.86. The molecule has 1 heterocycles. The summed E-state index contributed by atoms with van der Waals surface area (Å²) in [6, 6.07) is 14.4. The van der Waals surface area contributed by atoms with Crippen molar-refractivity contribution in [3.05, 3.63) is 53.0 Å². The van der Waals surface area contributed by atoms with Crippen LogP contribution in [0.25, 0.3) is 0 Å². The molecule has 0 spiro atoms. The number of carbonyl (C=O) groups excluding carboxylic acids is 2. The number of hydrogen-bond acceptors (Lipinski definition) is 4. The molecule has 0 saturated carbocycles. The molecule has 3 rings (SSSR count). The highest BCUT2D eigenvalue weighted by atomic mass is 79.9. The van der Waals surface area contributed by atoms with Gasteiger partial charge in [-0.1, -0.05) is 24.3 Å². The van der Waals surface area contributed by atoms with Gasteiger partial charge in [0, 0.05) is 4.47 Å². The van der Waals surface area contributed by atoms with Gasteiger partial charge < -0.3 is 20.1 Å². The van der Waals surface area contributed by atoms with E-state index in [2.05, 4.69) is 26.6 Å². The van der Waals surface area contributed by atoms with E-state index in [0.29, 0.717) is 17.2 Å². The van der Waals surface area contributed by atoms with Crippen molar-refractivity contribution >= 4 is 33.4 Å². The van der Waals surface area contributed by atoms with Crippen molar-refractivity contribution < 1.29 is 19.1 Å². The Kier molecular flexibility index (Phi) is 5.00. The van der Waals surface area contributed by atoms with Crippen molar-refractivity contribution in [2.24, 2.45) is 0 Å². The van der Waals surface area contributed by atoms with Gasteiger partial charge in [0.05, 0.1) is 12.2 Å². The quantitative estimate of drug-likeness (QED) is 0.839. The van der Waals surface area contributed by atoms with E-state index in [1.807, 2.05) is 24.3 Å². The zero-order chi connectivity index (χ0) is 16.9. The molecule has 24 heavy (non-hydrogen) atoms. The topological polar surface area (TPSA) is 76.7 Å². The van der Waals surface area contributed by atoms with E-state index in [1.165, 1.54) is 0 Å². The van der Waals surface area contributed by atoms with Crippen molar-refractivity contribution in [2.75, 3.05) is 18.5 Å². The Morgan fingerprint density at radius 1 is 1.08 bits per heavy atom.